The third-order valence-corrected chi connectivity index (χ3v) is 6.42. The zero-order chi connectivity index (χ0) is 24.5. The van der Waals surface area contributed by atoms with Crippen LogP contribution >= 0.6 is 11.6 Å². The van der Waals surface area contributed by atoms with Crippen LogP contribution in [0.2, 0.25) is 5.02 Å². The van der Waals surface area contributed by atoms with Gasteiger partial charge < -0.3 is 26.0 Å². The molecule has 4 atom stereocenters. The number of nitrogens with one attached hydrogen (secondary N) is 2. The van der Waals surface area contributed by atoms with Gasteiger partial charge >= 0.3 is 5.97 Å². The molecule has 2 aliphatic rings. The first-order valence-electron chi connectivity index (χ1n) is 11.0. The number of ether oxygens (including phenoxy) is 1. The number of cyclic esters (lactones) is 1. The zero-order valence-electron chi connectivity index (χ0n) is 19.3. The van der Waals surface area contributed by atoms with Crippen LogP contribution in [0.15, 0.2) is 18.2 Å². The minimum Gasteiger partial charge on any atom is -0.460 e. The van der Waals surface area contributed by atoms with Gasteiger partial charge in [0.2, 0.25) is 11.8 Å². The van der Waals surface area contributed by atoms with Crippen molar-refractivity contribution in [3.8, 4) is 0 Å². The smallest absolute Gasteiger partial charge is 0.308 e. The molecule has 1 aromatic rings. The van der Waals surface area contributed by atoms with Crippen molar-refractivity contribution < 1.29 is 23.9 Å². The first-order chi connectivity index (χ1) is 15.4. The summed E-state index contributed by atoms with van der Waals surface area (Å²) in [5, 5.41) is 5.92. The van der Waals surface area contributed by atoms with Crippen LogP contribution in [0.1, 0.15) is 57.3 Å². The first kappa shape index (κ1) is 24.8. The summed E-state index contributed by atoms with van der Waals surface area (Å²) in [6, 6.07) is 2.56. The van der Waals surface area contributed by atoms with Gasteiger partial charge in [0, 0.05) is 12.1 Å². The van der Waals surface area contributed by atoms with Gasteiger partial charge in [-0.1, -0.05) is 32.4 Å². The zero-order valence-corrected chi connectivity index (χ0v) is 20.1. The average Bonchev–Trinajstić information content (AvgIpc) is 3.33. The van der Waals surface area contributed by atoms with E-state index in [0.717, 1.165) is 0 Å². The van der Waals surface area contributed by atoms with Crippen molar-refractivity contribution in [2.75, 3.05) is 12.3 Å². The number of carbonyl (C=O) groups excluding carboxylic acids is 4. The van der Waals surface area contributed by atoms with E-state index in [2.05, 4.69) is 10.6 Å². The molecule has 0 radical (unpaired) electrons. The summed E-state index contributed by atoms with van der Waals surface area (Å²) in [7, 11) is 0. The van der Waals surface area contributed by atoms with Crippen LogP contribution in [0.3, 0.4) is 0 Å². The van der Waals surface area contributed by atoms with Crippen molar-refractivity contribution in [1.82, 2.24) is 15.5 Å². The van der Waals surface area contributed by atoms with Crippen molar-refractivity contribution in [2.45, 2.75) is 71.2 Å². The number of nitrogens with two attached hydrogens (primary N) is 1. The first-order valence-corrected chi connectivity index (χ1v) is 11.4. The maximum atomic E-state index is 13.6. The predicted octanol–water partition coefficient (Wildman–Crippen LogP) is 1.88. The van der Waals surface area contributed by atoms with Crippen LogP contribution < -0.4 is 16.4 Å². The van der Waals surface area contributed by atoms with E-state index in [4.69, 9.17) is 22.1 Å². The normalized spacial score (nSPS) is 23.7. The monoisotopic (exact) mass is 478 g/mol. The number of carbonyl (C=O) groups is 4. The van der Waals surface area contributed by atoms with Gasteiger partial charge in [0.05, 0.1) is 23.2 Å². The molecule has 3 amide bonds. The van der Waals surface area contributed by atoms with Crippen molar-refractivity contribution >= 4 is 41.0 Å². The number of hydrogen-bond donors (Lipinski definition) is 3. The van der Waals surface area contributed by atoms with Crippen LogP contribution in [0, 0.1) is 5.41 Å². The molecule has 0 aliphatic carbocycles. The minimum atomic E-state index is -0.870. The number of benzene rings is 1. The lowest BCUT2D eigenvalue weighted by molar-refractivity contribution is -0.142. The summed E-state index contributed by atoms with van der Waals surface area (Å²) in [5.41, 5.74) is 5.74. The molecule has 180 valence electrons. The van der Waals surface area contributed by atoms with E-state index in [0.29, 0.717) is 25.1 Å². The van der Waals surface area contributed by atoms with Crippen molar-refractivity contribution in [2.24, 2.45) is 5.41 Å². The Balaban J connectivity index is 1.75. The highest BCUT2D eigenvalue weighted by atomic mass is 35.5. The molecule has 0 saturated carbocycles. The highest BCUT2D eigenvalue weighted by molar-refractivity contribution is 6.33. The molecule has 0 bridgehead atoms. The van der Waals surface area contributed by atoms with Gasteiger partial charge in [-0.2, -0.15) is 0 Å². The summed E-state index contributed by atoms with van der Waals surface area (Å²) in [5.74, 6) is -1.46. The summed E-state index contributed by atoms with van der Waals surface area (Å²) in [4.78, 5) is 52.4. The molecule has 4 N–H and O–H groups in total. The van der Waals surface area contributed by atoms with E-state index in [9.17, 15) is 19.2 Å². The summed E-state index contributed by atoms with van der Waals surface area (Å²) in [6.45, 7) is 7.67. The van der Waals surface area contributed by atoms with E-state index >= 15 is 0 Å². The van der Waals surface area contributed by atoms with Gasteiger partial charge in [0.25, 0.3) is 5.91 Å². The lowest BCUT2D eigenvalue weighted by Crippen LogP contribution is -2.58. The van der Waals surface area contributed by atoms with Gasteiger partial charge in [-0.15, -0.1) is 0 Å². The molecule has 2 heterocycles. The van der Waals surface area contributed by atoms with Gasteiger partial charge in [-0.3, -0.25) is 19.2 Å². The molecular formula is C23H31ClN4O5. The number of rotatable bonds is 5. The maximum Gasteiger partial charge on any atom is 0.308 e. The second-order valence-electron chi connectivity index (χ2n) is 9.71. The minimum absolute atomic E-state index is 0.110. The Morgan fingerprint density at radius 1 is 1.27 bits per heavy atom. The molecule has 10 heteroatoms. The average molecular weight is 479 g/mol. The van der Waals surface area contributed by atoms with Crippen LogP contribution in [0.4, 0.5) is 5.69 Å². The van der Waals surface area contributed by atoms with E-state index in [1.807, 2.05) is 20.8 Å². The van der Waals surface area contributed by atoms with Crippen LogP contribution in [0.25, 0.3) is 0 Å². The molecule has 3 rings (SSSR count). The number of amides is 3. The number of nitrogens with zero attached hydrogens (tertiary/aromatic N) is 1. The molecule has 33 heavy (non-hydrogen) atoms. The van der Waals surface area contributed by atoms with E-state index in [-0.39, 0.29) is 34.8 Å². The molecule has 0 spiro atoms. The van der Waals surface area contributed by atoms with Crippen LogP contribution in [-0.4, -0.2) is 59.4 Å². The second kappa shape index (κ2) is 9.59. The molecule has 1 aromatic carbocycles. The quantitative estimate of drug-likeness (QED) is 0.437. The molecule has 2 aliphatic heterocycles. The Morgan fingerprint density at radius 2 is 1.97 bits per heavy atom. The van der Waals surface area contributed by atoms with E-state index < -0.39 is 35.6 Å². The summed E-state index contributed by atoms with van der Waals surface area (Å²) < 4.78 is 5.10. The Hall–Kier alpha value is -2.81. The molecule has 1 unspecified atom stereocenters. The van der Waals surface area contributed by atoms with Gasteiger partial charge in [-0.25, -0.2) is 0 Å². The lowest BCUT2D eigenvalue weighted by atomic mass is 9.85. The fraction of sp³-hybridized carbons (Fsp3) is 0.565. The van der Waals surface area contributed by atoms with Crippen molar-refractivity contribution in [1.29, 1.82) is 0 Å². The van der Waals surface area contributed by atoms with Crippen LogP contribution in [-0.2, 0) is 19.1 Å². The second-order valence-corrected chi connectivity index (χ2v) is 10.1. The fourth-order valence-corrected chi connectivity index (χ4v) is 4.31. The number of anilines is 1. The number of likely N-dealkylation sites (tertiary alicyclic amines) is 1. The predicted molar refractivity (Wildman–Crippen MR) is 123 cm³/mol. The third kappa shape index (κ3) is 5.58. The Bertz CT molecular complexity index is 961. The standard InChI is InChI=1S/C23H31ClN4O5/c1-12-16(11-18(29)33-12)26-21(31)17-6-5-9-28(17)22(32)19(23(2,3)4)27-20(30)13-7-8-15(25)14(24)10-13/h7-8,10,12,16-17,19H,5-6,9,11,25H2,1-4H3,(H,26,31)(H,27,30)/t12?,16-,17-,19+/m0/s1. The number of halogens is 1. The van der Waals surface area contributed by atoms with Crippen LogP contribution in [0.5, 0.6) is 0 Å². The Kier molecular flexibility index (Phi) is 7.21. The maximum absolute atomic E-state index is 13.6. The third-order valence-electron chi connectivity index (χ3n) is 6.09. The molecule has 0 aromatic heterocycles. The van der Waals surface area contributed by atoms with E-state index in [1.165, 1.54) is 17.0 Å². The Morgan fingerprint density at radius 3 is 2.55 bits per heavy atom. The Labute approximate surface area is 198 Å². The van der Waals surface area contributed by atoms with Crippen molar-refractivity contribution in [3.63, 3.8) is 0 Å². The van der Waals surface area contributed by atoms with Gasteiger partial charge in [0.15, 0.2) is 0 Å². The molecule has 2 fully saturated rings. The molecular weight excluding hydrogens is 448 g/mol. The van der Waals surface area contributed by atoms with Gasteiger partial charge in [0.1, 0.15) is 18.2 Å². The number of esters is 1. The SMILES string of the molecule is CC1OC(=O)C[C@@H]1NC(=O)[C@@H]1CCCN1C(=O)[C@@H](NC(=O)c1ccc(N)c(Cl)c1)C(C)(C)C. The number of nitrogen functional groups attached to an aromatic ring is 1. The number of hydrogen-bond acceptors (Lipinski definition) is 6. The lowest BCUT2D eigenvalue weighted by Gasteiger charge is -2.35. The topological polar surface area (TPSA) is 131 Å². The molecule has 9 nitrogen and oxygen atoms in total. The highest BCUT2D eigenvalue weighted by Gasteiger charge is 2.43. The van der Waals surface area contributed by atoms with E-state index in [1.54, 1.807) is 13.0 Å². The fourth-order valence-electron chi connectivity index (χ4n) is 4.13. The summed E-state index contributed by atoms with van der Waals surface area (Å²) >= 11 is 6.04. The van der Waals surface area contributed by atoms with Crippen molar-refractivity contribution in [3.05, 3.63) is 28.8 Å². The summed E-state index contributed by atoms with van der Waals surface area (Å²) in [6.07, 6.45) is 0.864. The highest BCUT2D eigenvalue weighted by Crippen LogP contribution is 2.27. The van der Waals surface area contributed by atoms with Gasteiger partial charge in [-0.05, 0) is 43.4 Å². The molecule has 2 saturated heterocycles. The largest absolute Gasteiger partial charge is 0.460 e.